The number of esters is 1. The van der Waals surface area contributed by atoms with E-state index in [-0.39, 0.29) is 12.8 Å². The first-order chi connectivity index (χ1) is 6.52. The van der Waals surface area contributed by atoms with Crippen molar-refractivity contribution in [3.63, 3.8) is 0 Å². The minimum absolute atomic E-state index is 0.196. The number of alkyl halides is 3. The molecule has 1 atom stereocenters. The fourth-order valence-electron chi connectivity index (χ4n) is 0.891. The SMILES string of the molecule is CC(CCC(=O)OC(C)(C)C)C(F)(F)F. The molecule has 0 amide bonds. The number of halogens is 3. The van der Waals surface area contributed by atoms with Gasteiger partial charge < -0.3 is 4.74 Å². The van der Waals surface area contributed by atoms with Crippen LogP contribution in [0.3, 0.4) is 0 Å². The van der Waals surface area contributed by atoms with E-state index in [0.717, 1.165) is 6.92 Å². The minimum Gasteiger partial charge on any atom is -0.460 e. The van der Waals surface area contributed by atoms with Crippen molar-refractivity contribution in [3.05, 3.63) is 0 Å². The molecular weight excluding hydrogens is 209 g/mol. The first-order valence-electron chi connectivity index (χ1n) is 4.81. The van der Waals surface area contributed by atoms with E-state index in [1.807, 2.05) is 0 Å². The fourth-order valence-corrected chi connectivity index (χ4v) is 0.891. The van der Waals surface area contributed by atoms with Crippen LogP contribution in [0.15, 0.2) is 0 Å². The van der Waals surface area contributed by atoms with Gasteiger partial charge in [-0.15, -0.1) is 0 Å². The molecule has 1 unspecified atom stereocenters. The van der Waals surface area contributed by atoms with Gasteiger partial charge in [0, 0.05) is 6.42 Å². The van der Waals surface area contributed by atoms with Gasteiger partial charge in [-0.3, -0.25) is 4.79 Å². The zero-order valence-electron chi connectivity index (χ0n) is 9.44. The molecule has 0 spiro atoms. The Balaban J connectivity index is 3.92. The second-order valence-corrected chi connectivity index (χ2v) is 4.57. The van der Waals surface area contributed by atoms with Gasteiger partial charge in [-0.25, -0.2) is 0 Å². The van der Waals surface area contributed by atoms with Crippen LogP contribution in [-0.4, -0.2) is 17.7 Å². The van der Waals surface area contributed by atoms with Crippen molar-refractivity contribution in [1.82, 2.24) is 0 Å². The molecule has 0 bridgehead atoms. The molecule has 2 nitrogen and oxygen atoms in total. The lowest BCUT2D eigenvalue weighted by Gasteiger charge is -2.20. The Labute approximate surface area is 87.8 Å². The number of rotatable bonds is 3. The normalized spacial score (nSPS) is 14.9. The lowest BCUT2D eigenvalue weighted by molar-refractivity contribution is -0.174. The molecule has 0 aromatic carbocycles. The first-order valence-corrected chi connectivity index (χ1v) is 4.81. The minimum atomic E-state index is -4.23. The highest BCUT2D eigenvalue weighted by Gasteiger charge is 2.36. The van der Waals surface area contributed by atoms with E-state index in [4.69, 9.17) is 4.74 Å². The van der Waals surface area contributed by atoms with Crippen molar-refractivity contribution in [2.45, 2.75) is 52.3 Å². The van der Waals surface area contributed by atoms with Crippen molar-refractivity contribution >= 4 is 5.97 Å². The van der Waals surface area contributed by atoms with Crippen LogP contribution >= 0.6 is 0 Å². The van der Waals surface area contributed by atoms with Crippen LogP contribution in [0.25, 0.3) is 0 Å². The Bertz CT molecular complexity index is 216. The lowest BCUT2D eigenvalue weighted by Crippen LogP contribution is -2.25. The van der Waals surface area contributed by atoms with E-state index in [0.29, 0.717) is 0 Å². The van der Waals surface area contributed by atoms with Crippen molar-refractivity contribution < 1.29 is 22.7 Å². The molecule has 0 saturated heterocycles. The van der Waals surface area contributed by atoms with Gasteiger partial charge in [0.05, 0.1) is 5.92 Å². The summed E-state index contributed by atoms with van der Waals surface area (Å²) in [7, 11) is 0. The second kappa shape index (κ2) is 4.86. The number of ether oxygens (including phenoxy) is 1. The molecular formula is C10H17F3O2. The molecule has 0 fully saturated rings. The molecule has 0 aliphatic heterocycles. The molecule has 0 heterocycles. The average Bonchev–Trinajstić information content (AvgIpc) is 1.94. The fraction of sp³-hybridized carbons (Fsp3) is 0.900. The zero-order valence-corrected chi connectivity index (χ0v) is 9.44. The highest BCUT2D eigenvalue weighted by atomic mass is 19.4. The molecule has 0 saturated carbocycles. The van der Waals surface area contributed by atoms with Gasteiger partial charge in [0.2, 0.25) is 0 Å². The molecule has 0 rings (SSSR count). The summed E-state index contributed by atoms with van der Waals surface area (Å²) >= 11 is 0. The van der Waals surface area contributed by atoms with Crippen LogP contribution < -0.4 is 0 Å². The molecule has 0 aliphatic rings. The predicted molar refractivity (Wildman–Crippen MR) is 50.3 cm³/mol. The molecule has 15 heavy (non-hydrogen) atoms. The zero-order chi connectivity index (χ0) is 12.3. The van der Waals surface area contributed by atoms with E-state index in [2.05, 4.69) is 0 Å². The predicted octanol–water partition coefficient (Wildman–Crippen LogP) is 3.31. The molecule has 0 aliphatic carbocycles. The Morgan fingerprint density at radius 2 is 1.73 bits per heavy atom. The maximum Gasteiger partial charge on any atom is 0.391 e. The summed E-state index contributed by atoms with van der Waals surface area (Å²) < 4.78 is 41.2. The van der Waals surface area contributed by atoms with E-state index >= 15 is 0 Å². The van der Waals surface area contributed by atoms with Crippen molar-refractivity contribution in [3.8, 4) is 0 Å². The Morgan fingerprint density at radius 3 is 2.07 bits per heavy atom. The summed E-state index contributed by atoms with van der Waals surface area (Å²) in [6.07, 6.45) is -4.65. The van der Waals surface area contributed by atoms with E-state index in [1.165, 1.54) is 0 Å². The largest absolute Gasteiger partial charge is 0.460 e. The van der Waals surface area contributed by atoms with Crippen LogP contribution in [0, 0.1) is 5.92 Å². The standard InChI is InChI=1S/C10H17F3O2/c1-7(10(11,12)13)5-6-8(14)15-9(2,3)4/h7H,5-6H2,1-4H3. The van der Waals surface area contributed by atoms with Gasteiger partial charge >= 0.3 is 12.1 Å². The maximum absolute atomic E-state index is 12.1. The van der Waals surface area contributed by atoms with E-state index in [9.17, 15) is 18.0 Å². The number of carbonyl (C=O) groups excluding carboxylic acids is 1. The van der Waals surface area contributed by atoms with Crippen molar-refractivity contribution in [1.29, 1.82) is 0 Å². The van der Waals surface area contributed by atoms with Gasteiger partial charge in [0.15, 0.2) is 0 Å². The average molecular weight is 226 g/mol. The molecule has 0 N–H and O–H groups in total. The number of hydrogen-bond acceptors (Lipinski definition) is 2. The van der Waals surface area contributed by atoms with Gasteiger partial charge in [-0.2, -0.15) is 13.2 Å². The molecule has 5 heteroatoms. The quantitative estimate of drug-likeness (QED) is 0.690. The Kier molecular flexibility index (Phi) is 4.62. The third-order valence-electron chi connectivity index (χ3n) is 1.76. The monoisotopic (exact) mass is 226 g/mol. The van der Waals surface area contributed by atoms with Crippen LogP contribution in [0.5, 0.6) is 0 Å². The molecule has 90 valence electrons. The van der Waals surface area contributed by atoms with Crippen molar-refractivity contribution in [2.24, 2.45) is 5.92 Å². The van der Waals surface area contributed by atoms with Crippen LogP contribution in [0.2, 0.25) is 0 Å². The third-order valence-corrected chi connectivity index (χ3v) is 1.76. The number of hydrogen-bond donors (Lipinski definition) is 0. The summed E-state index contributed by atoms with van der Waals surface area (Å²) in [6, 6.07) is 0. The third kappa shape index (κ3) is 7.22. The number of carbonyl (C=O) groups is 1. The van der Waals surface area contributed by atoms with E-state index < -0.39 is 23.7 Å². The summed E-state index contributed by atoms with van der Waals surface area (Å²) in [5.74, 6) is -2.05. The maximum atomic E-state index is 12.1. The molecule has 0 radical (unpaired) electrons. The topological polar surface area (TPSA) is 26.3 Å². The van der Waals surface area contributed by atoms with E-state index in [1.54, 1.807) is 20.8 Å². The highest BCUT2D eigenvalue weighted by molar-refractivity contribution is 5.69. The Hall–Kier alpha value is -0.740. The smallest absolute Gasteiger partial charge is 0.391 e. The molecule has 0 aromatic heterocycles. The summed E-state index contributed by atoms with van der Waals surface area (Å²) in [4.78, 5) is 11.1. The van der Waals surface area contributed by atoms with Crippen LogP contribution in [0.4, 0.5) is 13.2 Å². The van der Waals surface area contributed by atoms with Gasteiger partial charge in [-0.05, 0) is 27.2 Å². The summed E-state index contributed by atoms with van der Waals surface area (Å²) in [5.41, 5.74) is -0.640. The van der Waals surface area contributed by atoms with Crippen molar-refractivity contribution in [2.75, 3.05) is 0 Å². The Morgan fingerprint density at radius 1 is 1.27 bits per heavy atom. The van der Waals surface area contributed by atoms with Gasteiger partial charge in [0.1, 0.15) is 5.60 Å². The lowest BCUT2D eigenvalue weighted by atomic mass is 10.1. The summed E-state index contributed by atoms with van der Waals surface area (Å²) in [5, 5.41) is 0. The van der Waals surface area contributed by atoms with Crippen LogP contribution in [0.1, 0.15) is 40.5 Å². The van der Waals surface area contributed by atoms with Gasteiger partial charge in [-0.1, -0.05) is 6.92 Å². The first kappa shape index (κ1) is 14.3. The summed E-state index contributed by atoms with van der Waals surface area (Å²) in [6.45, 7) is 6.10. The van der Waals surface area contributed by atoms with Gasteiger partial charge in [0.25, 0.3) is 0 Å². The second-order valence-electron chi connectivity index (χ2n) is 4.57. The molecule has 0 aromatic rings. The van der Waals surface area contributed by atoms with Crippen LogP contribution in [-0.2, 0) is 9.53 Å². The highest BCUT2D eigenvalue weighted by Crippen LogP contribution is 2.29.